The molecule has 0 aliphatic rings. The van der Waals surface area contributed by atoms with Crippen LogP contribution in [0.4, 0.5) is 13.2 Å². The highest BCUT2D eigenvalue weighted by molar-refractivity contribution is 5.47. The van der Waals surface area contributed by atoms with E-state index in [1.165, 1.54) is 10.6 Å². The van der Waals surface area contributed by atoms with Crippen LogP contribution in [-0.4, -0.2) is 9.38 Å². The molecule has 3 aromatic rings. The van der Waals surface area contributed by atoms with Gasteiger partial charge in [0.2, 0.25) is 5.88 Å². The lowest BCUT2D eigenvalue weighted by Gasteiger charge is -2.18. The number of halogens is 3. The number of pyridine rings is 1. The number of alkyl halides is 3. The smallest absolute Gasteiger partial charge is 0.416 e. The zero-order valence-electron chi connectivity index (χ0n) is 14.3. The molecule has 0 spiro atoms. The molecular formula is C19H19F3N2O. The van der Waals surface area contributed by atoms with Crippen LogP contribution in [0.15, 0.2) is 48.8 Å². The Morgan fingerprint density at radius 3 is 2.32 bits per heavy atom. The fraction of sp³-hybridized carbons (Fsp3) is 0.316. The second-order valence-corrected chi connectivity index (χ2v) is 7.22. The molecular weight excluding hydrogens is 329 g/mol. The summed E-state index contributed by atoms with van der Waals surface area (Å²) in [4.78, 5) is 3.93. The van der Waals surface area contributed by atoms with Gasteiger partial charge in [-0.3, -0.25) is 4.40 Å². The summed E-state index contributed by atoms with van der Waals surface area (Å²) < 4.78 is 46.4. The lowest BCUT2D eigenvalue weighted by atomic mass is 9.88. The topological polar surface area (TPSA) is 26.5 Å². The van der Waals surface area contributed by atoms with Crippen molar-refractivity contribution in [1.82, 2.24) is 9.38 Å². The average molecular weight is 348 g/mol. The van der Waals surface area contributed by atoms with Gasteiger partial charge in [-0.05, 0) is 35.6 Å². The van der Waals surface area contributed by atoms with Crippen molar-refractivity contribution in [3.8, 4) is 11.6 Å². The Bertz CT molecular complexity index is 874. The zero-order chi connectivity index (χ0) is 18.2. The third-order valence-electron chi connectivity index (χ3n) is 3.68. The minimum absolute atomic E-state index is 0.0749. The van der Waals surface area contributed by atoms with E-state index in [1.807, 2.05) is 12.1 Å². The summed E-state index contributed by atoms with van der Waals surface area (Å²) in [7, 11) is 0. The van der Waals surface area contributed by atoms with Crippen molar-refractivity contribution in [2.24, 2.45) is 5.41 Å². The first-order chi connectivity index (χ1) is 11.6. The first-order valence-electron chi connectivity index (χ1n) is 7.93. The Kier molecular flexibility index (Phi) is 4.22. The number of fused-ring (bicyclic) bond motifs is 1. The van der Waals surface area contributed by atoms with Crippen LogP contribution in [0.5, 0.6) is 11.6 Å². The average Bonchev–Trinajstić information content (AvgIpc) is 2.95. The Hall–Kier alpha value is -2.50. The van der Waals surface area contributed by atoms with Gasteiger partial charge in [0.05, 0.1) is 5.56 Å². The normalized spacial score (nSPS) is 12.6. The first kappa shape index (κ1) is 17.3. The molecule has 0 unspecified atom stereocenters. The molecule has 0 aliphatic heterocycles. The molecule has 2 aromatic heterocycles. The minimum atomic E-state index is -4.46. The summed E-state index contributed by atoms with van der Waals surface area (Å²) in [6.45, 7) is 6.45. The summed E-state index contributed by atoms with van der Waals surface area (Å²) in [6, 6.07) is 9.38. The third-order valence-corrected chi connectivity index (χ3v) is 3.68. The SMILES string of the molecule is CC(C)(C)Cc1ccc(Oc2cc(C(F)(F)F)cc3nccn23)cc1. The van der Waals surface area contributed by atoms with E-state index in [2.05, 4.69) is 25.8 Å². The van der Waals surface area contributed by atoms with Gasteiger partial charge in [0, 0.05) is 18.5 Å². The molecule has 0 saturated heterocycles. The van der Waals surface area contributed by atoms with Gasteiger partial charge in [0.1, 0.15) is 11.4 Å². The van der Waals surface area contributed by atoms with Crippen LogP contribution >= 0.6 is 0 Å². The molecule has 0 fully saturated rings. The quantitative estimate of drug-likeness (QED) is 0.604. The van der Waals surface area contributed by atoms with Crippen LogP contribution in [0.1, 0.15) is 31.9 Å². The number of rotatable bonds is 3. The Balaban J connectivity index is 1.91. The van der Waals surface area contributed by atoms with Crippen molar-refractivity contribution >= 4 is 5.65 Å². The fourth-order valence-corrected chi connectivity index (χ4v) is 2.64. The number of imidazole rings is 1. The van der Waals surface area contributed by atoms with Crippen LogP contribution in [0.3, 0.4) is 0 Å². The zero-order valence-corrected chi connectivity index (χ0v) is 14.3. The number of ether oxygens (including phenoxy) is 1. The van der Waals surface area contributed by atoms with E-state index in [-0.39, 0.29) is 16.9 Å². The van der Waals surface area contributed by atoms with Crippen LogP contribution in [0, 0.1) is 5.41 Å². The third kappa shape index (κ3) is 4.13. The molecule has 1 aromatic carbocycles. The van der Waals surface area contributed by atoms with Crippen molar-refractivity contribution in [2.45, 2.75) is 33.4 Å². The number of aromatic nitrogens is 2. The molecule has 0 amide bonds. The van der Waals surface area contributed by atoms with Crippen molar-refractivity contribution in [3.05, 3.63) is 59.9 Å². The fourth-order valence-electron chi connectivity index (χ4n) is 2.64. The Labute approximate surface area is 144 Å². The maximum atomic E-state index is 13.1. The van der Waals surface area contributed by atoms with Gasteiger partial charge in [-0.15, -0.1) is 0 Å². The van der Waals surface area contributed by atoms with E-state index >= 15 is 0 Å². The first-order valence-corrected chi connectivity index (χ1v) is 7.93. The summed E-state index contributed by atoms with van der Waals surface area (Å²) in [5.74, 6) is 0.554. The van der Waals surface area contributed by atoms with Gasteiger partial charge in [0.25, 0.3) is 0 Å². The lowest BCUT2D eigenvalue weighted by Crippen LogP contribution is -2.09. The van der Waals surface area contributed by atoms with Crippen molar-refractivity contribution in [1.29, 1.82) is 0 Å². The van der Waals surface area contributed by atoms with Gasteiger partial charge < -0.3 is 4.74 Å². The number of nitrogens with zero attached hydrogens (tertiary/aromatic N) is 2. The van der Waals surface area contributed by atoms with Gasteiger partial charge in [-0.1, -0.05) is 32.9 Å². The highest BCUT2D eigenvalue weighted by Crippen LogP contribution is 2.34. The van der Waals surface area contributed by atoms with Crippen molar-refractivity contribution in [3.63, 3.8) is 0 Å². The molecule has 132 valence electrons. The second-order valence-electron chi connectivity index (χ2n) is 7.22. The number of benzene rings is 1. The lowest BCUT2D eigenvalue weighted by molar-refractivity contribution is -0.137. The molecule has 0 radical (unpaired) electrons. The molecule has 25 heavy (non-hydrogen) atoms. The molecule has 0 saturated carbocycles. The van der Waals surface area contributed by atoms with E-state index < -0.39 is 11.7 Å². The standard InChI is InChI=1S/C19H19F3N2O/c1-18(2,3)12-13-4-6-15(7-5-13)25-17-11-14(19(20,21)22)10-16-23-8-9-24(16)17/h4-11H,12H2,1-3H3. The number of hydrogen-bond acceptors (Lipinski definition) is 2. The van der Waals surface area contributed by atoms with Gasteiger partial charge >= 0.3 is 6.18 Å². The molecule has 0 bridgehead atoms. The monoisotopic (exact) mass is 348 g/mol. The van der Waals surface area contributed by atoms with Crippen LogP contribution in [0.2, 0.25) is 0 Å². The Morgan fingerprint density at radius 1 is 1.04 bits per heavy atom. The van der Waals surface area contributed by atoms with Gasteiger partial charge in [-0.2, -0.15) is 13.2 Å². The van der Waals surface area contributed by atoms with Crippen LogP contribution in [0.25, 0.3) is 5.65 Å². The van der Waals surface area contributed by atoms with Crippen LogP contribution in [-0.2, 0) is 12.6 Å². The maximum Gasteiger partial charge on any atom is 0.416 e. The van der Waals surface area contributed by atoms with Crippen LogP contribution < -0.4 is 4.74 Å². The second kappa shape index (κ2) is 6.10. The van der Waals surface area contributed by atoms with Gasteiger partial charge in [0.15, 0.2) is 0 Å². The summed E-state index contributed by atoms with van der Waals surface area (Å²) in [5.41, 5.74) is 0.711. The Morgan fingerprint density at radius 2 is 1.72 bits per heavy atom. The number of hydrogen-bond donors (Lipinski definition) is 0. The van der Waals surface area contributed by atoms with E-state index in [0.29, 0.717) is 5.75 Å². The largest absolute Gasteiger partial charge is 0.440 e. The molecule has 2 heterocycles. The summed E-state index contributed by atoms with van der Waals surface area (Å²) in [6.07, 6.45) is -0.543. The minimum Gasteiger partial charge on any atom is -0.440 e. The predicted molar refractivity (Wildman–Crippen MR) is 89.9 cm³/mol. The highest BCUT2D eigenvalue weighted by Gasteiger charge is 2.32. The molecule has 3 nitrogen and oxygen atoms in total. The van der Waals surface area contributed by atoms with E-state index in [9.17, 15) is 13.2 Å². The maximum absolute atomic E-state index is 13.1. The molecule has 0 aliphatic carbocycles. The van der Waals surface area contributed by atoms with E-state index in [4.69, 9.17) is 4.74 Å². The highest BCUT2D eigenvalue weighted by atomic mass is 19.4. The van der Waals surface area contributed by atoms with Gasteiger partial charge in [-0.25, -0.2) is 4.98 Å². The summed E-state index contributed by atoms with van der Waals surface area (Å²) in [5, 5.41) is 0. The van der Waals surface area contributed by atoms with Crippen molar-refractivity contribution in [2.75, 3.05) is 0 Å². The predicted octanol–water partition coefficient (Wildman–Crippen LogP) is 5.73. The molecule has 0 N–H and O–H groups in total. The molecule has 3 rings (SSSR count). The molecule has 6 heteroatoms. The summed E-state index contributed by atoms with van der Waals surface area (Å²) >= 11 is 0. The van der Waals surface area contributed by atoms with E-state index in [0.717, 1.165) is 24.1 Å². The van der Waals surface area contributed by atoms with E-state index in [1.54, 1.807) is 18.3 Å². The molecule has 0 atom stereocenters. The van der Waals surface area contributed by atoms with Crippen molar-refractivity contribution < 1.29 is 17.9 Å².